The van der Waals surface area contributed by atoms with Crippen molar-refractivity contribution in [1.82, 2.24) is 14.8 Å². The van der Waals surface area contributed by atoms with Crippen LogP contribution < -0.4 is 9.80 Å². The van der Waals surface area contributed by atoms with Crippen LogP contribution in [0.3, 0.4) is 0 Å². The molecule has 188 valence electrons. The number of anilines is 3. The first-order valence-corrected chi connectivity index (χ1v) is 12.7. The Morgan fingerprint density at radius 3 is 2.27 bits per heavy atom. The maximum absolute atomic E-state index is 12.2. The lowest BCUT2D eigenvalue weighted by Gasteiger charge is -2.33. The third-order valence-electron chi connectivity index (χ3n) is 7.66. The van der Waals surface area contributed by atoms with Crippen LogP contribution in [-0.2, 0) is 22.6 Å². The van der Waals surface area contributed by atoms with Crippen molar-refractivity contribution in [3.63, 3.8) is 0 Å². The molecule has 4 aromatic rings. The second kappa shape index (κ2) is 8.73. The number of carbonyl (C=O) groups is 2. The quantitative estimate of drug-likeness (QED) is 0.422. The molecule has 1 saturated heterocycles. The summed E-state index contributed by atoms with van der Waals surface area (Å²) in [6.07, 6.45) is 1.31. The lowest BCUT2D eigenvalue weighted by Crippen LogP contribution is -2.30. The molecule has 0 saturated carbocycles. The smallest absolute Gasteiger partial charge is 0.307 e. The molecule has 0 radical (unpaired) electrons. The van der Waals surface area contributed by atoms with E-state index in [1.54, 1.807) is 4.90 Å². The van der Waals surface area contributed by atoms with E-state index in [4.69, 9.17) is 0 Å². The van der Waals surface area contributed by atoms with Crippen molar-refractivity contribution in [2.45, 2.75) is 46.6 Å². The van der Waals surface area contributed by atoms with Crippen LogP contribution in [0.5, 0.6) is 0 Å². The Bertz CT molecular complexity index is 1550. The van der Waals surface area contributed by atoms with Gasteiger partial charge in [0.2, 0.25) is 5.91 Å². The van der Waals surface area contributed by atoms with Crippen LogP contribution in [0.2, 0.25) is 0 Å². The van der Waals surface area contributed by atoms with E-state index >= 15 is 0 Å². The lowest BCUT2D eigenvalue weighted by molar-refractivity contribution is -0.136. The molecule has 2 aliphatic heterocycles. The number of carboxylic acid groups (broad SMARTS) is 1. The molecule has 0 unspecified atom stereocenters. The minimum absolute atomic E-state index is 0.0717. The van der Waals surface area contributed by atoms with Gasteiger partial charge in [-0.1, -0.05) is 29.8 Å². The third-order valence-corrected chi connectivity index (χ3v) is 7.66. The van der Waals surface area contributed by atoms with E-state index < -0.39 is 5.97 Å². The Labute approximate surface area is 215 Å². The SMILES string of the molecule is Cc1ccc(-c2c(CC(=O)O)c(C)c3c4c2cc(C)n4CCN3c2ccc(N3CCCC3=O)nn2)cc1. The fourth-order valence-corrected chi connectivity index (χ4v) is 5.87. The van der Waals surface area contributed by atoms with E-state index in [9.17, 15) is 14.7 Å². The predicted molar refractivity (Wildman–Crippen MR) is 144 cm³/mol. The van der Waals surface area contributed by atoms with Crippen LogP contribution in [0.1, 0.15) is 35.2 Å². The van der Waals surface area contributed by atoms with Crippen molar-refractivity contribution >= 4 is 40.1 Å². The topological polar surface area (TPSA) is 91.6 Å². The first-order valence-electron chi connectivity index (χ1n) is 12.7. The number of amides is 1. The molecule has 1 fully saturated rings. The van der Waals surface area contributed by atoms with Gasteiger partial charge in [-0.2, -0.15) is 0 Å². The second-order valence-corrected chi connectivity index (χ2v) is 10.0. The summed E-state index contributed by atoms with van der Waals surface area (Å²) in [5.74, 6) is 0.483. The molecule has 0 spiro atoms. The standard InChI is InChI=1S/C29H29N5O3/c1-17-6-8-20(9-7-17)27-21(16-26(36)37)19(3)28-29-22(27)15-18(2)32(29)13-14-34(28)24-11-10-23(30-31-24)33-12-4-5-25(33)35/h6-11,15H,4-5,12-14,16H2,1-3H3,(H,36,37). The fraction of sp³-hybridized carbons (Fsp3) is 0.310. The number of aliphatic carboxylic acids is 1. The van der Waals surface area contributed by atoms with E-state index in [1.807, 2.05) is 19.1 Å². The molecule has 0 aliphatic carbocycles. The van der Waals surface area contributed by atoms with Crippen LogP contribution in [0, 0.1) is 20.8 Å². The van der Waals surface area contributed by atoms with Gasteiger partial charge in [0.05, 0.1) is 17.6 Å². The number of aryl methyl sites for hydroxylation is 2. The van der Waals surface area contributed by atoms with Gasteiger partial charge in [-0.3, -0.25) is 14.5 Å². The van der Waals surface area contributed by atoms with Crippen molar-refractivity contribution in [3.05, 3.63) is 64.8 Å². The van der Waals surface area contributed by atoms with E-state index in [1.165, 1.54) is 0 Å². The average molecular weight is 496 g/mol. The van der Waals surface area contributed by atoms with Crippen molar-refractivity contribution in [2.75, 3.05) is 22.9 Å². The summed E-state index contributed by atoms with van der Waals surface area (Å²) in [6, 6.07) is 14.2. The molecule has 37 heavy (non-hydrogen) atoms. The molecule has 0 atom stereocenters. The van der Waals surface area contributed by atoms with Gasteiger partial charge in [-0.25, -0.2) is 0 Å². The summed E-state index contributed by atoms with van der Waals surface area (Å²) < 4.78 is 2.32. The number of nitrogens with zero attached hydrogens (tertiary/aromatic N) is 5. The summed E-state index contributed by atoms with van der Waals surface area (Å²) in [5, 5.41) is 19.9. The molecular formula is C29H29N5O3. The molecule has 2 aromatic carbocycles. The van der Waals surface area contributed by atoms with Crippen LogP contribution in [0.25, 0.3) is 22.0 Å². The molecule has 1 N–H and O–H groups in total. The monoisotopic (exact) mass is 495 g/mol. The van der Waals surface area contributed by atoms with E-state index in [0.717, 1.165) is 63.1 Å². The highest BCUT2D eigenvalue weighted by molar-refractivity contribution is 6.08. The number of rotatable bonds is 5. The molecular weight excluding hydrogens is 466 g/mol. The van der Waals surface area contributed by atoms with Crippen LogP contribution >= 0.6 is 0 Å². The summed E-state index contributed by atoms with van der Waals surface area (Å²) in [6.45, 7) is 8.30. The van der Waals surface area contributed by atoms with Crippen LogP contribution in [0.15, 0.2) is 42.5 Å². The van der Waals surface area contributed by atoms with Gasteiger partial charge < -0.3 is 14.6 Å². The summed E-state index contributed by atoms with van der Waals surface area (Å²) in [5.41, 5.74) is 8.12. The number of benzene rings is 2. The maximum Gasteiger partial charge on any atom is 0.307 e. The number of carbonyl (C=O) groups excluding carboxylic acids is 1. The highest BCUT2D eigenvalue weighted by Crippen LogP contribution is 2.46. The molecule has 8 heteroatoms. The van der Waals surface area contributed by atoms with Gasteiger partial charge in [0.15, 0.2) is 11.6 Å². The van der Waals surface area contributed by atoms with Crippen molar-refractivity contribution in [3.8, 4) is 11.1 Å². The molecule has 2 aliphatic rings. The van der Waals surface area contributed by atoms with Crippen LogP contribution in [0.4, 0.5) is 17.3 Å². The Kier molecular flexibility index (Phi) is 5.47. The van der Waals surface area contributed by atoms with Gasteiger partial charge in [0.25, 0.3) is 0 Å². The minimum Gasteiger partial charge on any atom is -0.481 e. The Balaban J connectivity index is 1.55. The summed E-state index contributed by atoms with van der Waals surface area (Å²) in [4.78, 5) is 28.0. The van der Waals surface area contributed by atoms with Crippen molar-refractivity contribution < 1.29 is 14.7 Å². The third kappa shape index (κ3) is 3.75. The minimum atomic E-state index is -0.860. The second-order valence-electron chi connectivity index (χ2n) is 10.0. The number of aromatic nitrogens is 3. The van der Waals surface area contributed by atoms with E-state index in [-0.39, 0.29) is 12.3 Å². The molecule has 2 aromatic heterocycles. The van der Waals surface area contributed by atoms with Gasteiger partial charge in [-0.05, 0) is 67.6 Å². The highest BCUT2D eigenvalue weighted by Gasteiger charge is 2.30. The van der Waals surface area contributed by atoms with Crippen molar-refractivity contribution in [1.29, 1.82) is 0 Å². The Hall–Kier alpha value is -4.20. The van der Waals surface area contributed by atoms with Gasteiger partial charge in [-0.15, -0.1) is 10.2 Å². The molecule has 1 amide bonds. The van der Waals surface area contributed by atoms with E-state index in [2.05, 4.69) is 63.8 Å². The first-order chi connectivity index (χ1) is 17.8. The van der Waals surface area contributed by atoms with Crippen LogP contribution in [-0.4, -0.2) is 44.8 Å². The molecule has 4 heterocycles. The average Bonchev–Trinajstić information content (AvgIpc) is 3.46. The van der Waals surface area contributed by atoms with Gasteiger partial charge in [0.1, 0.15) is 0 Å². The molecule has 8 nitrogen and oxygen atoms in total. The zero-order valence-corrected chi connectivity index (χ0v) is 21.3. The van der Waals surface area contributed by atoms with Gasteiger partial charge in [0, 0.05) is 37.1 Å². The predicted octanol–water partition coefficient (Wildman–Crippen LogP) is 4.93. The van der Waals surface area contributed by atoms with Crippen molar-refractivity contribution in [2.24, 2.45) is 0 Å². The first kappa shape index (κ1) is 23.2. The normalized spacial score (nSPS) is 15.2. The Morgan fingerprint density at radius 2 is 1.65 bits per heavy atom. The van der Waals surface area contributed by atoms with Gasteiger partial charge >= 0.3 is 5.97 Å². The highest BCUT2D eigenvalue weighted by atomic mass is 16.4. The lowest BCUT2D eigenvalue weighted by atomic mass is 9.88. The number of carboxylic acids is 1. The summed E-state index contributed by atoms with van der Waals surface area (Å²) in [7, 11) is 0. The fourth-order valence-electron chi connectivity index (χ4n) is 5.87. The summed E-state index contributed by atoms with van der Waals surface area (Å²) >= 11 is 0. The largest absolute Gasteiger partial charge is 0.481 e. The van der Waals surface area contributed by atoms with E-state index in [0.29, 0.717) is 31.1 Å². The number of hydrogen-bond donors (Lipinski definition) is 1. The maximum atomic E-state index is 12.2. The molecule has 6 rings (SSSR count). The number of hydrogen-bond acceptors (Lipinski definition) is 5. The zero-order valence-electron chi connectivity index (χ0n) is 21.3. The zero-order chi connectivity index (χ0) is 25.8. The molecule has 0 bridgehead atoms. The Morgan fingerprint density at radius 1 is 0.946 bits per heavy atom.